The van der Waals surface area contributed by atoms with Crippen LogP contribution in [-0.4, -0.2) is 23.3 Å². The van der Waals surface area contributed by atoms with Crippen LogP contribution in [-0.2, 0) is 6.18 Å². The van der Waals surface area contributed by atoms with Gasteiger partial charge in [0, 0.05) is 13.1 Å². The lowest BCUT2D eigenvalue weighted by molar-refractivity contribution is -0.138. The zero-order valence-electron chi connectivity index (χ0n) is 10.4. The molecule has 7 heteroatoms. The zero-order chi connectivity index (χ0) is 13.4. The van der Waals surface area contributed by atoms with Crippen LogP contribution in [0.2, 0.25) is 0 Å². The third-order valence-electron chi connectivity index (χ3n) is 3.56. The van der Waals surface area contributed by atoms with Gasteiger partial charge in [-0.05, 0) is 24.7 Å². The molecule has 18 heavy (non-hydrogen) atoms. The molecule has 3 nitrogen and oxygen atoms in total. The van der Waals surface area contributed by atoms with Crippen LogP contribution in [0.1, 0.15) is 38.1 Å². The lowest BCUT2D eigenvalue weighted by Gasteiger charge is -2.39. The maximum absolute atomic E-state index is 12.5. The van der Waals surface area contributed by atoms with Gasteiger partial charge in [0.05, 0.1) is 0 Å². The monoisotopic (exact) mass is 279 g/mol. The van der Waals surface area contributed by atoms with Crippen LogP contribution in [0.4, 0.5) is 18.3 Å². The number of aromatic nitrogens is 2. The summed E-state index contributed by atoms with van der Waals surface area (Å²) in [6.07, 6.45) is -1.26. The molecule has 0 saturated carbocycles. The highest BCUT2D eigenvalue weighted by Gasteiger charge is 2.37. The van der Waals surface area contributed by atoms with E-state index in [-0.39, 0.29) is 5.41 Å². The number of nitrogens with zero attached hydrogens (tertiary/aromatic N) is 3. The SMILES string of the molecule is CCC1(C)CCCN(c2nnc(C(F)(F)F)s2)C1. The molecule has 0 spiro atoms. The summed E-state index contributed by atoms with van der Waals surface area (Å²) in [5.74, 6) is 0. The first-order valence-electron chi connectivity index (χ1n) is 6.00. The van der Waals surface area contributed by atoms with Gasteiger partial charge in [0.2, 0.25) is 10.1 Å². The first-order chi connectivity index (χ1) is 8.34. The van der Waals surface area contributed by atoms with Gasteiger partial charge in [-0.2, -0.15) is 13.2 Å². The second-order valence-corrected chi connectivity index (χ2v) is 6.03. The average Bonchev–Trinajstić information content (AvgIpc) is 2.78. The van der Waals surface area contributed by atoms with Crippen molar-refractivity contribution in [2.75, 3.05) is 18.0 Å². The van der Waals surface area contributed by atoms with E-state index in [2.05, 4.69) is 24.0 Å². The first-order valence-corrected chi connectivity index (χ1v) is 6.81. The molecule has 1 aromatic rings. The molecule has 0 radical (unpaired) electrons. The molecule has 1 fully saturated rings. The number of alkyl halides is 3. The van der Waals surface area contributed by atoms with Crippen LogP contribution in [0, 0.1) is 5.41 Å². The zero-order valence-corrected chi connectivity index (χ0v) is 11.2. The molecule has 1 aliphatic heterocycles. The third-order valence-corrected chi connectivity index (χ3v) is 4.59. The summed E-state index contributed by atoms with van der Waals surface area (Å²) in [5.41, 5.74) is 0.169. The van der Waals surface area contributed by atoms with Gasteiger partial charge in [-0.15, -0.1) is 10.2 Å². The molecule has 1 atom stereocenters. The maximum atomic E-state index is 12.5. The van der Waals surface area contributed by atoms with Crippen molar-refractivity contribution in [2.24, 2.45) is 5.41 Å². The summed E-state index contributed by atoms with van der Waals surface area (Å²) < 4.78 is 37.4. The second kappa shape index (κ2) is 4.68. The molecule has 0 aromatic carbocycles. The summed E-state index contributed by atoms with van der Waals surface area (Å²) in [5, 5.41) is 6.45. The van der Waals surface area contributed by atoms with Gasteiger partial charge in [0.1, 0.15) is 0 Å². The van der Waals surface area contributed by atoms with Crippen LogP contribution in [0.5, 0.6) is 0 Å². The number of hydrogen-bond donors (Lipinski definition) is 0. The number of piperidine rings is 1. The molecule has 102 valence electrons. The largest absolute Gasteiger partial charge is 0.445 e. The van der Waals surface area contributed by atoms with E-state index < -0.39 is 11.2 Å². The van der Waals surface area contributed by atoms with E-state index in [4.69, 9.17) is 0 Å². The number of halogens is 3. The molecule has 0 N–H and O–H groups in total. The molecule has 0 bridgehead atoms. The van der Waals surface area contributed by atoms with Crippen LogP contribution < -0.4 is 4.90 Å². The van der Waals surface area contributed by atoms with Crippen molar-refractivity contribution in [1.82, 2.24) is 10.2 Å². The second-order valence-electron chi connectivity index (χ2n) is 5.08. The molecule has 1 aromatic heterocycles. The van der Waals surface area contributed by atoms with Gasteiger partial charge in [-0.3, -0.25) is 0 Å². The summed E-state index contributed by atoms with van der Waals surface area (Å²) in [7, 11) is 0. The van der Waals surface area contributed by atoms with Crippen molar-refractivity contribution in [3.63, 3.8) is 0 Å². The molecule has 0 aliphatic carbocycles. The minimum atomic E-state index is -4.39. The van der Waals surface area contributed by atoms with Gasteiger partial charge in [0.15, 0.2) is 0 Å². The summed E-state index contributed by atoms with van der Waals surface area (Å²) in [6, 6.07) is 0. The van der Waals surface area contributed by atoms with Gasteiger partial charge >= 0.3 is 6.18 Å². The fraction of sp³-hybridized carbons (Fsp3) is 0.818. The lowest BCUT2D eigenvalue weighted by Crippen LogP contribution is -2.41. The molecule has 2 heterocycles. The Labute approximate surface area is 108 Å². The highest BCUT2D eigenvalue weighted by atomic mass is 32.1. The predicted octanol–water partition coefficient (Wildman–Crippen LogP) is 3.57. The molecule has 1 saturated heterocycles. The van der Waals surface area contributed by atoms with Crippen LogP contribution >= 0.6 is 11.3 Å². The van der Waals surface area contributed by atoms with Crippen molar-refractivity contribution in [3.05, 3.63) is 5.01 Å². The Bertz CT molecular complexity index is 418. The highest BCUT2D eigenvalue weighted by molar-refractivity contribution is 7.15. The van der Waals surface area contributed by atoms with E-state index in [0.29, 0.717) is 16.5 Å². The third kappa shape index (κ3) is 2.76. The van der Waals surface area contributed by atoms with E-state index in [1.54, 1.807) is 0 Å². The Kier molecular flexibility index (Phi) is 3.53. The Morgan fingerprint density at radius 3 is 2.67 bits per heavy atom. The standard InChI is InChI=1S/C11H16F3N3S/c1-3-10(2)5-4-6-17(7-10)9-16-15-8(18-9)11(12,13)14/h3-7H2,1-2H3. The summed E-state index contributed by atoms with van der Waals surface area (Å²) >= 11 is 0.636. The molecule has 1 aliphatic rings. The minimum Gasteiger partial charge on any atom is -0.346 e. The summed E-state index contributed by atoms with van der Waals surface area (Å²) in [4.78, 5) is 1.93. The molecule has 2 rings (SSSR count). The van der Waals surface area contributed by atoms with Crippen LogP contribution in [0.3, 0.4) is 0 Å². The number of anilines is 1. The Morgan fingerprint density at radius 2 is 2.11 bits per heavy atom. The van der Waals surface area contributed by atoms with Crippen molar-refractivity contribution < 1.29 is 13.2 Å². The Hall–Kier alpha value is -0.850. The van der Waals surface area contributed by atoms with Crippen LogP contribution in [0.15, 0.2) is 0 Å². The van der Waals surface area contributed by atoms with Crippen molar-refractivity contribution >= 4 is 16.5 Å². The first kappa shape index (κ1) is 13.6. The quantitative estimate of drug-likeness (QED) is 0.828. The fourth-order valence-corrected chi connectivity index (χ4v) is 2.96. The summed E-state index contributed by atoms with van der Waals surface area (Å²) in [6.45, 7) is 5.81. The average molecular weight is 279 g/mol. The predicted molar refractivity (Wildman–Crippen MR) is 64.8 cm³/mol. The van der Waals surface area contributed by atoms with E-state index >= 15 is 0 Å². The fourth-order valence-electron chi connectivity index (χ4n) is 2.23. The molecular formula is C11H16F3N3S. The van der Waals surface area contributed by atoms with Crippen molar-refractivity contribution in [3.8, 4) is 0 Å². The van der Waals surface area contributed by atoms with Gasteiger partial charge in [0.25, 0.3) is 0 Å². The van der Waals surface area contributed by atoms with Gasteiger partial charge in [-0.1, -0.05) is 25.2 Å². The van der Waals surface area contributed by atoms with Crippen LogP contribution in [0.25, 0.3) is 0 Å². The lowest BCUT2D eigenvalue weighted by atomic mass is 9.80. The number of rotatable bonds is 2. The van der Waals surface area contributed by atoms with E-state index in [1.165, 1.54) is 0 Å². The van der Waals surface area contributed by atoms with E-state index in [9.17, 15) is 13.2 Å². The molecular weight excluding hydrogens is 263 g/mol. The molecule has 0 amide bonds. The van der Waals surface area contributed by atoms with E-state index in [0.717, 1.165) is 32.4 Å². The van der Waals surface area contributed by atoms with Crippen molar-refractivity contribution in [2.45, 2.75) is 39.3 Å². The Balaban J connectivity index is 2.14. The molecule has 1 unspecified atom stereocenters. The minimum absolute atomic E-state index is 0.169. The highest BCUT2D eigenvalue weighted by Crippen LogP contribution is 2.38. The van der Waals surface area contributed by atoms with E-state index in [1.807, 2.05) is 4.90 Å². The van der Waals surface area contributed by atoms with Gasteiger partial charge in [-0.25, -0.2) is 0 Å². The normalized spacial score (nSPS) is 25.5. The maximum Gasteiger partial charge on any atom is 0.445 e. The van der Waals surface area contributed by atoms with Gasteiger partial charge < -0.3 is 4.90 Å². The van der Waals surface area contributed by atoms with Crippen molar-refractivity contribution in [1.29, 1.82) is 0 Å². The smallest absolute Gasteiger partial charge is 0.346 e. The topological polar surface area (TPSA) is 29.0 Å². The Morgan fingerprint density at radius 1 is 1.39 bits per heavy atom. The number of hydrogen-bond acceptors (Lipinski definition) is 4.